The molecular weight excluding hydrogens is 360 g/mol. The van der Waals surface area contributed by atoms with E-state index >= 15 is 0 Å². The van der Waals surface area contributed by atoms with Crippen LogP contribution in [-0.2, 0) is 11.2 Å². The van der Waals surface area contributed by atoms with Crippen molar-refractivity contribution < 1.29 is 9.15 Å². The van der Waals surface area contributed by atoms with Crippen LogP contribution >= 0.6 is 18.5 Å². The number of aromatic nitrogens is 1. The highest BCUT2D eigenvalue weighted by atomic mass is 31.1. The van der Waals surface area contributed by atoms with Gasteiger partial charge in [0.15, 0.2) is 0 Å². The number of hydrogen-bond acceptors (Lipinski definition) is 3. The third-order valence-corrected chi connectivity index (χ3v) is 4.73. The third-order valence-electron chi connectivity index (χ3n) is 3.99. The molecule has 2 aromatic rings. The van der Waals surface area contributed by atoms with Crippen LogP contribution in [0.2, 0.25) is 0 Å². The van der Waals surface area contributed by atoms with E-state index in [1.807, 2.05) is 12.1 Å². The van der Waals surface area contributed by atoms with Crippen molar-refractivity contribution in [1.29, 1.82) is 0 Å². The second-order valence-corrected chi connectivity index (χ2v) is 9.47. The highest BCUT2D eigenvalue weighted by Gasteiger charge is 2.19. The molecule has 0 aliphatic heterocycles. The Balaban J connectivity index is 1.83. The summed E-state index contributed by atoms with van der Waals surface area (Å²) >= 11 is 0. The zero-order chi connectivity index (χ0) is 19.0. The van der Waals surface area contributed by atoms with Gasteiger partial charge in [0.1, 0.15) is 6.26 Å². The first-order chi connectivity index (χ1) is 12.4. The maximum Gasteiger partial charge on any atom is 0.225 e. The normalized spacial score (nSPS) is 12.3. The van der Waals surface area contributed by atoms with Crippen LogP contribution in [0.1, 0.15) is 39.2 Å². The number of allylic oxidation sites excluding steroid dienone is 3. The van der Waals surface area contributed by atoms with E-state index in [0.29, 0.717) is 12.5 Å². The molecule has 0 N–H and O–H groups in total. The Morgan fingerprint density at radius 1 is 1.15 bits per heavy atom. The van der Waals surface area contributed by atoms with Crippen molar-refractivity contribution in [3.05, 3.63) is 65.6 Å². The fraction of sp³-hybridized carbons (Fsp3) is 0.381. The Bertz CT molecular complexity index is 728. The first-order valence-electron chi connectivity index (χ1n) is 8.85. The van der Waals surface area contributed by atoms with E-state index in [4.69, 9.17) is 9.15 Å². The summed E-state index contributed by atoms with van der Waals surface area (Å²) in [4.78, 5) is 4.17. The average Bonchev–Trinajstić information content (AvgIpc) is 3.09. The second kappa shape index (κ2) is 10.2. The van der Waals surface area contributed by atoms with Gasteiger partial charge in [0, 0.05) is 12.0 Å². The van der Waals surface area contributed by atoms with Gasteiger partial charge in [-0.3, -0.25) is 0 Å². The van der Waals surface area contributed by atoms with Gasteiger partial charge in [-0.05, 0) is 51.3 Å². The van der Waals surface area contributed by atoms with Crippen molar-refractivity contribution in [2.24, 2.45) is 0 Å². The zero-order valence-electron chi connectivity index (χ0n) is 15.9. The van der Waals surface area contributed by atoms with E-state index in [0.717, 1.165) is 24.8 Å². The van der Waals surface area contributed by atoms with Gasteiger partial charge >= 0.3 is 0 Å². The molecule has 0 spiro atoms. The van der Waals surface area contributed by atoms with E-state index in [2.05, 4.69) is 68.5 Å². The largest absolute Gasteiger partial charge is 0.445 e. The molecule has 1 heterocycles. The molecule has 140 valence electrons. The fourth-order valence-electron chi connectivity index (χ4n) is 2.53. The maximum absolute atomic E-state index is 6.04. The highest BCUT2D eigenvalue weighted by Crippen LogP contribution is 2.33. The number of ether oxygens (including phenoxy) is 1. The first kappa shape index (κ1) is 21.0. The molecule has 0 aliphatic rings. The minimum absolute atomic E-state index is 0.374. The molecule has 2 atom stereocenters. The Labute approximate surface area is 161 Å². The molecule has 0 amide bonds. The van der Waals surface area contributed by atoms with Crippen LogP contribution in [-0.4, -0.2) is 16.7 Å². The Morgan fingerprint density at radius 3 is 2.50 bits per heavy atom. The van der Waals surface area contributed by atoms with E-state index in [-0.39, 0.29) is 5.08 Å². The second-order valence-electron chi connectivity index (χ2n) is 6.85. The highest BCUT2D eigenvalue weighted by molar-refractivity contribution is 7.39. The quantitative estimate of drug-likeness (QED) is 0.390. The summed E-state index contributed by atoms with van der Waals surface area (Å²) in [6.07, 6.45) is 10.7. The van der Waals surface area contributed by atoms with Crippen LogP contribution in [0.15, 0.2) is 64.4 Å². The van der Waals surface area contributed by atoms with Crippen molar-refractivity contribution in [1.82, 2.24) is 4.98 Å². The van der Waals surface area contributed by atoms with Gasteiger partial charge in [0.2, 0.25) is 5.89 Å². The molecule has 1 aromatic carbocycles. The topological polar surface area (TPSA) is 35.3 Å². The molecule has 0 saturated heterocycles. The fourth-order valence-corrected chi connectivity index (χ4v) is 3.19. The van der Waals surface area contributed by atoms with Crippen molar-refractivity contribution in [3.63, 3.8) is 0 Å². The van der Waals surface area contributed by atoms with Gasteiger partial charge in [0.25, 0.3) is 0 Å². The van der Waals surface area contributed by atoms with Crippen molar-refractivity contribution in [2.45, 2.75) is 45.1 Å². The van der Waals surface area contributed by atoms with E-state index in [9.17, 15) is 0 Å². The van der Waals surface area contributed by atoms with Gasteiger partial charge in [-0.15, -0.1) is 0 Å². The predicted octanol–water partition coefficient (Wildman–Crippen LogP) is 6.00. The monoisotopic (exact) mass is 389 g/mol. The van der Waals surface area contributed by atoms with Crippen molar-refractivity contribution in [2.75, 3.05) is 6.61 Å². The lowest BCUT2D eigenvalue weighted by Crippen LogP contribution is -2.19. The molecular formula is C21H29NO2P2. The lowest BCUT2D eigenvalue weighted by molar-refractivity contribution is 0.112. The maximum atomic E-state index is 6.04. The van der Waals surface area contributed by atoms with Crippen molar-refractivity contribution >= 4 is 18.5 Å². The summed E-state index contributed by atoms with van der Waals surface area (Å²) in [5.41, 5.74) is 4.92. The van der Waals surface area contributed by atoms with Crippen LogP contribution in [0.4, 0.5) is 0 Å². The molecule has 0 bridgehead atoms. The Kier molecular flexibility index (Phi) is 8.22. The van der Waals surface area contributed by atoms with Crippen LogP contribution in [0.3, 0.4) is 0 Å². The average molecular weight is 389 g/mol. The van der Waals surface area contributed by atoms with Gasteiger partial charge in [-0.1, -0.05) is 53.9 Å². The summed E-state index contributed by atoms with van der Waals surface area (Å²) in [6, 6.07) is 8.23. The Hall–Kier alpha value is -1.27. The summed E-state index contributed by atoms with van der Waals surface area (Å²) in [6.45, 7) is 7.05. The van der Waals surface area contributed by atoms with Crippen molar-refractivity contribution in [3.8, 4) is 11.5 Å². The molecule has 0 aliphatic carbocycles. The van der Waals surface area contributed by atoms with E-state index in [1.165, 1.54) is 16.7 Å². The lowest BCUT2D eigenvalue weighted by atomic mass is 10.1. The number of oxazole rings is 1. The number of nitrogens with zero attached hydrogens (tertiary/aromatic N) is 1. The van der Waals surface area contributed by atoms with Crippen LogP contribution < -0.4 is 0 Å². The summed E-state index contributed by atoms with van der Waals surface area (Å²) in [7, 11) is 5.60. The van der Waals surface area contributed by atoms with E-state index < -0.39 is 0 Å². The van der Waals surface area contributed by atoms with E-state index in [1.54, 1.807) is 12.5 Å². The molecule has 1 aromatic heterocycles. The lowest BCUT2D eigenvalue weighted by Gasteiger charge is -2.24. The minimum atomic E-state index is -0.374. The first-order valence-corrected chi connectivity index (χ1v) is 10.0. The summed E-state index contributed by atoms with van der Waals surface area (Å²) in [5, 5.41) is -0.374. The SMILES string of the molecule is CC(C)=CCC/C(C)=C/COC(P)(P)Cc1ccc(-c2ncco2)cc1. The molecule has 26 heavy (non-hydrogen) atoms. The molecule has 2 unspecified atom stereocenters. The molecule has 0 fully saturated rings. The third kappa shape index (κ3) is 7.54. The van der Waals surface area contributed by atoms with Crippen LogP contribution in [0.5, 0.6) is 0 Å². The molecule has 0 radical (unpaired) electrons. The van der Waals surface area contributed by atoms with Crippen LogP contribution in [0.25, 0.3) is 11.5 Å². The summed E-state index contributed by atoms with van der Waals surface area (Å²) in [5.74, 6) is 0.643. The van der Waals surface area contributed by atoms with Gasteiger partial charge < -0.3 is 9.15 Å². The number of benzene rings is 1. The standard InChI is InChI=1S/C21H29NO2P2/c1-16(2)5-4-6-17(3)11-13-24-21(25,26)15-18-7-9-19(10-8-18)20-22-12-14-23-20/h5,7-12,14H,4,6,13,15,25-26H2,1-3H3/b17-11+. The predicted molar refractivity (Wildman–Crippen MR) is 116 cm³/mol. The van der Waals surface area contributed by atoms with Gasteiger partial charge in [-0.25, -0.2) is 4.98 Å². The smallest absolute Gasteiger partial charge is 0.225 e. The Morgan fingerprint density at radius 2 is 1.88 bits per heavy atom. The van der Waals surface area contributed by atoms with Gasteiger partial charge in [-0.2, -0.15) is 0 Å². The zero-order valence-corrected chi connectivity index (χ0v) is 18.2. The summed E-state index contributed by atoms with van der Waals surface area (Å²) < 4.78 is 11.4. The van der Waals surface area contributed by atoms with Gasteiger partial charge in [0.05, 0.1) is 17.9 Å². The number of rotatable bonds is 9. The van der Waals surface area contributed by atoms with Crippen LogP contribution in [0, 0.1) is 0 Å². The minimum Gasteiger partial charge on any atom is -0.445 e. The molecule has 0 saturated carbocycles. The molecule has 3 nitrogen and oxygen atoms in total. The molecule has 2 rings (SSSR count). The number of hydrogen-bond donors (Lipinski definition) is 0. The molecule has 5 heteroatoms.